The van der Waals surface area contributed by atoms with E-state index in [4.69, 9.17) is 0 Å². The molecule has 0 aromatic heterocycles. The van der Waals surface area contributed by atoms with Crippen LogP contribution in [0.15, 0.2) is 0 Å². The van der Waals surface area contributed by atoms with Gasteiger partial charge in [-0.2, -0.15) is 0 Å². The fourth-order valence-corrected chi connectivity index (χ4v) is 3.72. The van der Waals surface area contributed by atoms with Gasteiger partial charge in [0.1, 0.15) is 0 Å². The van der Waals surface area contributed by atoms with Crippen molar-refractivity contribution in [1.82, 2.24) is 0 Å². The van der Waals surface area contributed by atoms with E-state index in [0.717, 1.165) is 0 Å². The fraction of sp³-hybridized carbons (Fsp3) is 1.00. The van der Waals surface area contributed by atoms with Crippen LogP contribution in [0.3, 0.4) is 0 Å². The average Bonchev–Trinajstić information content (AvgIpc) is 1.88. The Hall–Kier alpha value is 0. The molecule has 2 atom stereocenters. The lowest BCUT2D eigenvalue weighted by Gasteiger charge is -2.55. The van der Waals surface area contributed by atoms with E-state index in [9.17, 15) is 0 Å². The van der Waals surface area contributed by atoms with E-state index in [1.54, 1.807) is 38.5 Å². The van der Waals surface area contributed by atoms with E-state index >= 15 is 0 Å². The molecule has 4 saturated carbocycles. The summed E-state index contributed by atoms with van der Waals surface area (Å²) in [5, 5.41) is 0. The zero-order valence-electron chi connectivity index (χ0n) is 6.55. The Morgan fingerprint density at radius 3 is 1.10 bits per heavy atom. The zero-order chi connectivity index (χ0) is 6.55. The molecule has 4 rings (SSSR count). The smallest absolute Gasteiger partial charge is 0.0355 e. The highest BCUT2D eigenvalue weighted by Crippen LogP contribution is 2.57. The SMILES string of the molecule is C1CC2CCC1C1CC[C@H]21. The summed E-state index contributed by atoms with van der Waals surface area (Å²) >= 11 is 0. The summed E-state index contributed by atoms with van der Waals surface area (Å²) in [7, 11) is 0. The second-order valence-corrected chi connectivity index (χ2v) is 4.58. The molecule has 0 amide bonds. The lowest BCUT2D eigenvalue weighted by atomic mass is 9.50. The minimum Gasteiger partial charge on any atom is -0.0499 e. The molecule has 0 heteroatoms. The molecule has 0 radical (unpaired) electrons. The van der Waals surface area contributed by atoms with Crippen LogP contribution in [0.25, 0.3) is 0 Å². The minimum absolute atomic E-state index is 1.18. The van der Waals surface area contributed by atoms with E-state index < -0.39 is 0 Å². The molecule has 0 N–H and O–H groups in total. The molecule has 0 aliphatic heterocycles. The van der Waals surface area contributed by atoms with Crippen LogP contribution in [0.2, 0.25) is 0 Å². The fourth-order valence-electron chi connectivity index (χ4n) is 3.72. The third-order valence-corrected chi connectivity index (χ3v) is 4.41. The molecule has 0 aromatic rings. The third-order valence-electron chi connectivity index (χ3n) is 4.41. The second kappa shape index (κ2) is 1.78. The first-order chi connectivity index (χ1) is 4.95. The summed E-state index contributed by atoms with van der Waals surface area (Å²) < 4.78 is 0. The Balaban J connectivity index is 1.88. The summed E-state index contributed by atoms with van der Waals surface area (Å²) in [5.74, 6) is 4.80. The van der Waals surface area contributed by atoms with Crippen LogP contribution >= 0.6 is 0 Å². The Morgan fingerprint density at radius 1 is 0.500 bits per heavy atom. The molecule has 10 heavy (non-hydrogen) atoms. The van der Waals surface area contributed by atoms with Crippen molar-refractivity contribution in [3.8, 4) is 0 Å². The molecular weight excluding hydrogens is 120 g/mol. The van der Waals surface area contributed by atoms with Crippen LogP contribution in [0.1, 0.15) is 38.5 Å². The van der Waals surface area contributed by atoms with Crippen molar-refractivity contribution in [2.24, 2.45) is 23.7 Å². The van der Waals surface area contributed by atoms with Crippen LogP contribution in [-0.4, -0.2) is 0 Å². The summed E-state index contributed by atoms with van der Waals surface area (Å²) in [6, 6.07) is 0. The summed E-state index contributed by atoms with van der Waals surface area (Å²) in [5.41, 5.74) is 0. The van der Waals surface area contributed by atoms with Gasteiger partial charge >= 0.3 is 0 Å². The lowest BCUT2D eigenvalue weighted by Crippen LogP contribution is -2.45. The quantitative estimate of drug-likeness (QED) is 0.480. The first-order valence-electron chi connectivity index (χ1n) is 4.95. The van der Waals surface area contributed by atoms with Crippen molar-refractivity contribution in [2.45, 2.75) is 38.5 Å². The van der Waals surface area contributed by atoms with E-state index in [1.807, 2.05) is 0 Å². The van der Waals surface area contributed by atoms with Crippen LogP contribution < -0.4 is 0 Å². The molecule has 4 aliphatic carbocycles. The topological polar surface area (TPSA) is 0 Å². The predicted molar refractivity (Wildman–Crippen MR) is 41.7 cm³/mol. The van der Waals surface area contributed by atoms with Crippen molar-refractivity contribution >= 4 is 0 Å². The summed E-state index contributed by atoms with van der Waals surface area (Å²) in [6.45, 7) is 0. The molecule has 4 aliphatic rings. The number of rotatable bonds is 0. The monoisotopic (exact) mass is 136 g/mol. The van der Waals surface area contributed by atoms with Gasteiger partial charge in [0.25, 0.3) is 0 Å². The van der Waals surface area contributed by atoms with Crippen molar-refractivity contribution in [2.75, 3.05) is 0 Å². The van der Waals surface area contributed by atoms with Crippen molar-refractivity contribution in [3.05, 3.63) is 0 Å². The number of hydrogen-bond donors (Lipinski definition) is 0. The highest BCUT2D eigenvalue weighted by atomic mass is 14.5. The van der Waals surface area contributed by atoms with Gasteiger partial charge in [0.05, 0.1) is 0 Å². The third kappa shape index (κ3) is 0.538. The van der Waals surface area contributed by atoms with Crippen LogP contribution in [0.4, 0.5) is 0 Å². The van der Waals surface area contributed by atoms with E-state index in [2.05, 4.69) is 0 Å². The predicted octanol–water partition coefficient (Wildman–Crippen LogP) is 2.83. The highest BCUT2D eigenvalue weighted by Gasteiger charge is 2.47. The molecule has 2 bridgehead atoms. The van der Waals surface area contributed by atoms with Crippen molar-refractivity contribution < 1.29 is 0 Å². The van der Waals surface area contributed by atoms with E-state index in [0.29, 0.717) is 0 Å². The van der Waals surface area contributed by atoms with Gasteiger partial charge in [-0.05, 0) is 62.2 Å². The zero-order valence-corrected chi connectivity index (χ0v) is 6.55. The van der Waals surface area contributed by atoms with Crippen molar-refractivity contribution in [3.63, 3.8) is 0 Å². The van der Waals surface area contributed by atoms with Crippen molar-refractivity contribution in [1.29, 1.82) is 0 Å². The molecule has 4 fully saturated rings. The number of hydrogen-bond acceptors (Lipinski definition) is 0. The lowest BCUT2D eigenvalue weighted by molar-refractivity contribution is -0.0476. The van der Waals surface area contributed by atoms with Gasteiger partial charge in [-0.1, -0.05) is 0 Å². The second-order valence-electron chi connectivity index (χ2n) is 4.58. The van der Waals surface area contributed by atoms with Crippen LogP contribution in [-0.2, 0) is 0 Å². The van der Waals surface area contributed by atoms with Gasteiger partial charge in [0.2, 0.25) is 0 Å². The first kappa shape index (κ1) is 5.62. The molecule has 0 nitrogen and oxygen atoms in total. The van der Waals surface area contributed by atoms with Gasteiger partial charge < -0.3 is 0 Å². The molecule has 0 saturated heterocycles. The standard InChI is InChI=1S/C10H16/c1-2-8-4-3-7(1)9-5-6-10(8)9/h7-10H,1-6H2/t7?,8?,9-,10?/m1/s1. The van der Waals surface area contributed by atoms with Crippen LogP contribution in [0.5, 0.6) is 0 Å². The van der Waals surface area contributed by atoms with Gasteiger partial charge in [0.15, 0.2) is 0 Å². The molecule has 0 spiro atoms. The Kier molecular flexibility index (Phi) is 1.00. The van der Waals surface area contributed by atoms with Gasteiger partial charge in [0, 0.05) is 0 Å². The largest absolute Gasteiger partial charge is 0.0499 e. The van der Waals surface area contributed by atoms with Gasteiger partial charge in [-0.3, -0.25) is 0 Å². The summed E-state index contributed by atoms with van der Waals surface area (Å²) in [4.78, 5) is 0. The van der Waals surface area contributed by atoms with Gasteiger partial charge in [-0.15, -0.1) is 0 Å². The van der Waals surface area contributed by atoms with E-state index in [-0.39, 0.29) is 0 Å². The maximum Gasteiger partial charge on any atom is -0.0355 e. The Bertz CT molecular complexity index is 120. The maximum absolute atomic E-state index is 1.59. The average molecular weight is 136 g/mol. The number of fused-ring (bicyclic) bond motifs is 2. The van der Waals surface area contributed by atoms with Gasteiger partial charge in [-0.25, -0.2) is 0 Å². The molecular formula is C10H16. The minimum atomic E-state index is 1.18. The molecule has 1 unspecified atom stereocenters. The molecule has 0 heterocycles. The van der Waals surface area contributed by atoms with E-state index in [1.165, 1.54) is 23.7 Å². The first-order valence-corrected chi connectivity index (χ1v) is 4.95. The summed E-state index contributed by atoms with van der Waals surface area (Å²) in [6.07, 6.45) is 9.53. The Labute approximate surface area is 63.0 Å². The van der Waals surface area contributed by atoms with Crippen LogP contribution in [0, 0.1) is 23.7 Å². The molecule has 0 aromatic carbocycles. The Morgan fingerprint density at radius 2 is 0.900 bits per heavy atom. The molecule has 56 valence electrons. The normalized spacial score (nSPS) is 57.6. The maximum atomic E-state index is 1.59. The highest BCUT2D eigenvalue weighted by molar-refractivity contribution is 4.97.